The second-order valence-electron chi connectivity index (χ2n) is 4.80. The van der Waals surface area contributed by atoms with Crippen molar-refractivity contribution in [2.45, 2.75) is 38.8 Å². The molecule has 1 aromatic rings. The fraction of sp³-hybridized carbons (Fsp3) is 0.462. The third-order valence-corrected chi connectivity index (χ3v) is 2.30. The molecule has 0 bridgehead atoms. The van der Waals surface area contributed by atoms with Gasteiger partial charge in [-0.1, -0.05) is 30.3 Å². The Morgan fingerprint density at radius 1 is 1.00 bits per heavy atom. The van der Waals surface area contributed by atoms with Crippen LogP contribution < -0.4 is 0 Å². The maximum atomic E-state index is 8.86. The third-order valence-electron chi connectivity index (χ3n) is 2.30. The fourth-order valence-electron chi connectivity index (χ4n) is 1.18. The molecule has 84 valence electrons. The van der Waals surface area contributed by atoms with Crippen LogP contribution in [0, 0.1) is 11.3 Å². The first-order valence-corrected chi connectivity index (χ1v) is 5.28. The third kappa shape index (κ3) is 3.16. The van der Waals surface area contributed by atoms with Gasteiger partial charge in [0.15, 0.2) is 5.54 Å². The summed E-state index contributed by atoms with van der Waals surface area (Å²) in [6, 6.07) is 12.0. The second-order valence-corrected chi connectivity index (χ2v) is 4.80. The van der Waals surface area contributed by atoms with Crippen LogP contribution >= 0.6 is 0 Å². The van der Waals surface area contributed by atoms with Gasteiger partial charge < -0.3 is 0 Å². The predicted octanol–water partition coefficient (Wildman–Crippen LogP) is 3.68. The summed E-state index contributed by atoms with van der Waals surface area (Å²) in [5.74, 6) is 0. The van der Waals surface area contributed by atoms with Gasteiger partial charge in [0, 0.05) is 0 Å². The summed E-state index contributed by atoms with van der Waals surface area (Å²) in [6.07, 6.45) is 0. The quantitative estimate of drug-likeness (QED) is 0.709. The average Bonchev–Trinajstić information content (AvgIpc) is 2.28. The van der Waals surface area contributed by atoms with Gasteiger partial charge in [-0.15, -0.1) is 0 Å². The Balaban J connectivity index is 2.94. The smallest absolute Gasteiger partial charge is 0.161 e. The van der Waals surface area contributed by atoms with Gasteiger partial charge in [-0.25, -0.2) is 0 Å². The zero-order valence-corrected chi connectivity index (χ0v) is 10.2. The van der Waals surface area contributed by atoms with Gasteiger partial charge in [0.2, 0.25) is 0 Å². The van der Waals surface area contributed by atoms with E-state index in [9.17, 15) is 0 Å². The first-order chi connectivity index (χ1) is 7.37. The number of benzene rings is 1. The van der Waals surface area contributed by atoms with E-state index >= 15 is 0 Å². The summed E-state index contributed by atoms with van der Waals surface area (Å²) in [5, 5.41) is 17.2. The molecule has 0 heterocycles. The molecule has 3 heteroatoms. The number of nitriles is 1. The summed E-state index contributed by atoms with van der Waals surface area (Å²) in [7, 11) is 0. The van der Waals surface area contributed by atoms with Crippen LogP contribution in [0.3, 0.4) is 0 Å². The molecule has 0 aliphatic carbocycles. The predicted molar refractivity (Wildman–Crippen MR) is 64.0 cm³/mol. The second kappa shape index (κ2) is 4.44. The van der Waals surface area contributed by atoms with Gasteiger partial charge in [-0.2, -0.15) is 15.5 Å². The number of rotatable bonds is 3. The topological polar surface area (TPSA) is 48.5 Å². The highest BCUT2D eigenvalue weighted by Crippen LogP contribution is 2.26. The summed E-state index contributed by atoms with van der Waals surface area (Å²) < 4.78 is 0. The van der Waals surface area contributed by atoms with Crippen molar-refractivity contribution in [3.05, 3.63) is 35.9 Å². The molecule has 16 heavy (non-hydrogen) atoms. The normalized spacial score (nSPS) is 12.7. The molecule has 0 unspecified atom stereocenters. The summed E-state index contributed by atoms with van der Waals surface area (Å²) in [4.78, 5) is 0. The van der Waals surface area contributed by atoms with Crippen LogP contribution in [0.15, 0.2) is 40.6 Å². The Morgan fingerprint density at radius 2 is 1.56 bits per heavy atom. The monoisotopic (exact) mass is 215 g/mol. The van der Waals surface area contributed by atoms with E-state index < -0.39 is 11.1 Å². The Labute approximate surface area is 96.8 Å². The van der Waals surface area contributed by atoms with E-state index in [4.69, 9.17) is 5.26 Å². The molecule has 0 atom stereocenters. The summed E-state index contributed by atoms with van der Waals surface area (Å²) in [6.45, 7) is 7.47. The molecule has 0 N–H and O–H groups in total. The molecule has 0 spiro atoms. The van der Waals surface area contributed by atoms with Crippen LogP contribution in [0.2, 0.25) is 0 Å². The van der Waals surface area contributed by atoms with E-state index in [1.807, 2.05) is 44.2 Å². The van der Waals surface area contributed by atoms with Crippen LogP contribution in [0.4, 0.5) is 0 Å². The molecule has 1 aromatic carbocycles. The highest BCUT2D eigenvalue weighted by molar-refractivity contribution is 5.22. The zero-order chi connectivity index (χ0) is 12.2. The molecular formula is C13H17N3. The molecule has 0 saturated heterocycles. The lowest BCUT2D eigenvalue weighted by Gasteiger charge is -2.20. The molecule has 1 rings (SSSR count). The van der Waals surface area contributed by atoms with Gasteiger partial charge in [0.1, 0.15) is 5.54 Å². The lowest BCUT2D eigenvalue weighted by atomic mass is 9.96. The van der Waals surface area contributed by atoms with Crippen LogP contribution in [0.25, 0.3) is 0 Å². The molecule has 0 fully saturated rings. The maximum absolute atomic E-state index is 8.86. The van der Waals surface area contributed by atoms with Crippen LogP contribution in [-0.4, -0.2) is 5.54 Å². The van der Waals surface area contributed by atoms with Crippen molar-refractivity contribution in [2.24, 2.45) is 10.2 Å². The van der Waals surface area contributed by atoms with E-state index in [0.717, 1.165) is 5.56 Å². The van der Waals surface area contributed by atoms with Crippen LogP contribution in [0.5, 0.6) is 0 Å². The average molecular weight is 215 g/mol. The van der Waals surface area contributed by atoms with Gasteiger partial charge in [0.05, 0.1) is 6.07 Å². The van der Waals surface area contributed by atoms with Crippen molar-refractivity contribution in [1.29, 1.82) is 5.26 Å². The largest absolute Gasteiger partial charge is 0.196 e. The van der Waals surface area contributed by atoms with E-state index in [1.165, 1.54) is 0 Å². The van der Waals surface area contributed by atoms with E-state index in [1.54, 1.807) is 13.8 Å². The van der Waals surface area contributed by atoms with Crippen molar-refractivity contribution < 1.29 is 0 Å². The van der Waals surface area contributed by atoms with Gasteiger partial charge >= 0.3 is 0 Å². The zero-order valence-electron chi connectivity index (χ0n) is 10.2. The standard InChI is InChI=1S/C13H17N3/c1-12(2,10-14)15-16-13(3,4)11-8-6-5-7-9-11/h5-9H,1-4H3. The number of hydrogen-bond donors (Lipinski definition) is 0. The lowest BCUT2D eigenvalue weighted by Crippen LogP contribution is -2.17. The molecule has 0 aliphatic rings. The molecule has 3 nitrogen and oxygen atoms in total. The molecule has 0 aliphatic heterocycles. The molecular weight excluding hydrogens is 198 g/mol. The van der Waals surface area contributed by atoms with Crippen molar-refractivity contribution in [3.63, 3.8) is 0 Å². The van der Waals surface area contributed by atoms with Crippen molar-refractivity contribution in [2.75, 3.05) is 0 Å². The first kappa shape index (κ1) is 12.4. The molecule has 0 radical (unpaired) electrons. The Morgan fingerprint density at radius 3 is 2.06 bits per heavy atom. The molecule has 0 amide bonds. The number of azo groups is 1. The number of hydrogen-bond acceptors (Lipinski definition) is 3. The molecule has 0 aromatic heterocycles. The Bertz CT molecular complexity index is 411. The number of nitrogens with zero attached hydrogens (tertiary/aromatic N) is 3. The van der Waals surface area contributed by atoms with Gasteiger partial charge in [-0.05, 0) is 33.3 Å². The first-order valence-electron chi connectivity index (χ1n) is 5.28. The fourth-order valence-corrected chi connectivity index (χ4v) is 1.18. The summed E-state index contributed by atoms with van der Waals surface area (Å²) >= 11 is 0. The van der Waals surface area contributed by atoms with E-state index in [2.05, 4.69) is 16.3 Å². The van der Waals surface area contributed by atoms with Gasteiger partial charge in [-0.3, -0.25) is 0 Å². The Hall–Kier alpha value is -1.69. The Kier molecular flexibility index (Phi) is 3.44. The van der Waals surface area contributed by atoms with Crippen molar-refractivity contribution in [3.8, 4) is 6.07 Å². The summed E-state index contributed by atoms with van der Waals surface area (Å²) in [5.41, 5.74) is -0.0611. The minimum Gasteiger partial charge on any atom is -0.196 e. The molecule has 0 saturated carbocycles. The highest BCUT2D eigenvalue weighted by Gasteiger charge is 2.22. The van der Waals surface area contributed by atoms with Gasteiger partial charge in [0.25, 0.3) is 0 Å². The van der Waals surface area contributed by atoms with E-state index in [0.29, 0.717) is 0 Å². The van der Waals surface area contributed by atoms with Crippen molar-refractivity contribution >= 4 is 0 Å². The lowest BCUT2D eigenvalue weighted by molar-refractivity contribution is 0.477. The highest BCUT2D eigenvalue weighted by atomic mass is 15.2. The minimum atomic E-state index is -0.758. The maximum Gasteiger partial charge on any atom is 0.161 e. The SMILES string of the molecule is CC(C)(C#N)N=NC(C)(C)c1ccccc1. The van der Waals surface area contributed by atoms with Crippen LogP contribution in [-0.2, 0) is 5.54 Å². The van der Waals surface area contributed by atoms with E-state index in [-0.39, 0.29) is 0 Å². The van der Waals surface area contributed by atoms with Crippen molar-refractivity contribution in [1.82, 2.24) is 0 Å². The van der Waals surface area contributed by atoms with Crippen LogP contribution in [0.1, 0.15) is 33.3 Å². The minimum absolute atomic E-state index is 0.393.